The molecule has 0 saturated carbocycles. The first-order valence-corrected chi connectivity index (χ1v) is 6.99. The number of benzene rings is 1. The van der Waals surface area contributed by atoms with Gasteiger partial charge in [0.2, 0.25) is 0 Å². The molecule has 1 amide bonds. The molecule has 0 aromatic heterocycles. The molecular formula is C16H26N2O2. The zero-order valence-electron chi connectivity index (χ0n) is 13.1. The van der Waals surface area contributed by atoms with E-state index in [1.165, 1.54) is 0 Å². The zero-order valence-corrected chi connectivity index (χ0v) is 13.1. The molecule has 4 heteroatoms. The molecule has 0 bridgehead atoms. The Morgan fingerprint density at radius 1 is 1.40 bits per heavy atom. The average Bonchev–Trinajstić information content (AvgIpc) is 2.34. The summed E-state index contributed by atoms with van der Waals surface area (Å²) >= 11 is 0. The van der Waals surface area contributed by atoms with Gasteiger partial charge >= 0.3 is 0 Å². The van der Waals surface area contributed by atoms with Crippen LogP contribution in [0.3, 0.4) is 0 Å². The number of carbonyl (C=O) groups is 1. The van der Waals surface area contributed by atoms with Crippen molar-refractivity contribution in [3.05, 3.63) is 29.8 Å². The molecule has 1 unspecified atom stereocenters. The highest BCUT2D eigenvalue weighted by molar-refractivity contribution is 5.95. The molecule has 1 atom stereocenters. The molecular weight excluding hydrogens is 252 g/mol. The van der Waals surface area contributed by atoms with Crippen molar-refractivity contribution in [2.24, 2.45) is 5.92 Å². The number of rotatable bonds is 6. The lowest BCUT2D eigenvalue weighted by atomic mass is 9.94. The Labute approximate surface area is 121 Å². The van der Waals surface area contributed by atoms with Gasteiger partial charge in [0, 0.05) is 31.9 Å². The van der Waals surface area contributed by atoms with Crippen LogP contribution in [0, 0.1) is 5.92 Å². The maximum absolute atomic E-state index is 12.1. The van der Waals surface area contributed by atoms with Crippen molar-refractivity contribution >= 4 is 11.6 Å². The van der Waals surface area contributed by atoms with Gasteiger partial charge in [-0.3, -0.25) is 4.79 Å². The summed E-state index contributed by atoms with van der Waals surface area (Å²) in [6, 6.07) is 7.42. The van der Waals surface area contributed by atoms with Gasteiger partial charge in [-0.25, -0.2) is 0 Å². The first kappa shape index (κ1) is 16.5. The Balaban J connectivity index is 2.65. The van der Waals surface area contributed by atoms with Crippen LogP contribution in [0.1, 0.15) is 37.6 Å². The number of nitrogens with one attached hydrogen (secondary N) is 1. The van der Waals surface area contributed by atoms with Crippen LogP contribution >= 0.6 is 0 Å². The second kappa shape index (κ2) is 6.75. The first-order valence-electron chi connectivity index (χ1n) is 6.99. The highest BCUT2D eigenvalue weighted by atomic mass is 16.3. The van der Waals surface area contributed by atoms with Crippen molar-refractivity contribution in [2.75, 3.05) is 25.5 Å². The van der Waals surface area contributed by atoms with E-state index < -0.39 is 5.60 Å². The predicted octanol–water partition coefficient (Wildman–Crippen LogP) is 2.28. The molecule has 4 nitrogen and oxygen atoms in total. The molecule has 0 aliphatic carbocycles. The van der Waals surface area contributed by atoms with E-state index in [0.717, 1.165) is 5.69 Å². The first-order chi connectivity index (χ1) is 9.21. The molecule has 112 valence electrons. The molecule has 0 aliphatic rings. The maximum Gasteiger partial charge on any atom is 0.251 e. The lowest BCUT2D eigenvalue weighted by Crippen LogP contribution is -2.41. The Hall–Kier alpha value is -1.55. The molecule has 0 heterocycles. The average molecular weight is 278 g/mol. The number of amides is 1. The van der Waals surface area contributed by atoms with Gasteiger partial charge in [0.05, 0.1) is 5.60 Å². The highest BCUT2D eigenvalue weighted by Gasteiger charge is 2.22. The second-order valence-corrected chi connectivity index (χ2v) is 6.22. The van der Waals surface area contributed by atoms with Gasteiger partial charge in [0.25, 0.3) is 5.91 Å². The second-order valence-electron chi connectivity index (χ2n) is 6.22. The summed E-state index contributed by atoms with van der Waals surface area (Å²) in [6.07, 6.45) is 0.658. The molecule has 0 fully saturated rings. The van der Waals surface area contributed by atoms with E-state index in [2.05, 4.69) is 19.2 Å². The number of hydrogen-bond donors (Lipinski definition) is 2. The molecule has 0 saturated heterocycles. The Morgan fingerprint density at radius 3 is 2.60 bits per heavy atom. The van der Waals surface area contributed by atoms with Gasteiger partial charge in [-0.15, -0.1) is 0 Å². The van der Waals surface area contributed by atoms with Gasteiger partial charge in [-0.1, -0.05) is 19.9 Å². The van der Waals surface area contributed by atoms with E-state index in [1.54, 1.807) is 13.0 Å². The van der Waals surface area contributed by atoms with Gasteiger partial charge < -0.3 is 15.3 Å². The maximum atomic E-state index is 12.1. The number of carbonyl (C=O) groups excluding carboxylic acids is 1. The number of anilines is 1. The van der Waals surface area contributed by atoms with Crippen LogP contribution in [0.2, 0.25) is 0 Å². The molecule has 1 aromatic rings. The summed E-state index contributed by atoms with van der Waals surface area (Å²) < 4.78 is 0. The standard InChI is InChI=1S/C16H26N2O2/c1-12(2)10-16(3,20)11-17-15(19)13-7-6-8-14(9-13)18(4)5/h6-9,12,20H,10-11H2,1-5H3,(H,17,19). The number of hydrogen-bond acceptors (Lipinski definition) is 3. The molecule has 0 aliphatic heterocycles. The van der Waals surface area contributed by atoms with Crippen LogP contribution in [-0.2, 0) is 0 Å². The summed E-state index contributed by atoms with van der Waals surface area (Å²) in [4.78, 5) is 14.1. The van der Waals surface area contributed by atoms with E-state index in [4.69, 9.17) is 0 Å². The number of nitrogens with zero attached hydrogens (tertiary/aromatic N) is 1. The Morgan fingerprint density at radius 2 is 2.05 bits per heavy atom. The van der Waals surface area contributed by atoms with E-state index in [9.17, 15) is 9.90 Å². The van der Waals surface area contributed by atoms with E-state index in [-0.39, 0.29) is 12.5 Å². The topological polar surface area (TPSA) is 52.6 Å². The quantitative estimate of drug-likeness (QED) is 0.839. The van der Waals surface area contributed by atoms with Crippen molar-refractivity contribution in [3.63, 3.8) is 0 Å². The fourth-order valence-electron chi connectivity index (χ4n) is 2.25. The molecule has 2 N–H and O–H groups in total. The summed E-state index contributed by atoms with van der Waals surface area (Å²) in [5, 5.41) is 13.0. The van der Waals surface area contributed by atoms with Crippen LogP contribution in [0.4, 0.5) is 5.69 Å². The third-order valence-electron chi connectivity index (χ3n) is 3.10. The summed E-state index contributed by atoms with van der Waals surface area (Å²) in [5.74, 6) is 0.233. The van der Waals surface area contributed by atoms with Crippen molar-refractivity contribution in [2.45, 2.75) is 32.8 Å². The molecule has 0 spiro atoms. The lowest BCUT2D eigenvalue weighted by Gasteiger charge is -2.25. The minimum Gasteiger partial charge on any atom is -0.388 e. The molecule has 0 radical (unpaired) electrons. The molecule has 1 aromatic carbocycles. The SMILES string of the molecule is CC(C)CC(C)(O)CNC(=O)c1cccc(N(C)C)c1. The fraction of sp³-hybridized carbons (Fsp3) is 0.562. The van der Waals surface area contributed by atoms with Crippen LogP contribution in [0.25, 0.3) is 0 Å². The Kier molecular flexibility index (Phi) is 5.57. The fourth-order valence-corrected chi connectivity index (χ4v) is 2.25. The monoisotopic (exact) mass is 278 g/mol. The van der Waals surface area contributed by atoms with Gasteiger partial charge in [-0.2, -0.15) is 0 Å². The van der Waals surface area contributed by atoms with Crippen molar-refractivity contribution in [1.29, 1.82) is 0 Å². The highest BCUT2D eigenvalue weighted by Crippen LogP contribution is 2.16. The summed E-state index contributed by atoms with van der Waals surface area (Å²) in [7, 11) is 3.87. The largest absolute Gasteiger partial charge is 0.388 e. The van der Waals surface area contributed by atoms with Crippen LogP contribution in [0.5, 0.6) is 0 Å². The van der Waals surface area contributed by atoms with E-state index in [0.29, 0.717) is 17.9 Å². The molecule has 20 heavy (non-hydrogen) atoms. The van der Waals surface area contributed by atoms with Crippen molar-refractivity contribution in [1.82, 2.24) is 5.32 Å². The van der Waals surface area contributed by atoms with Gasteiger partial charge in [-0.05, 0) is 37.5 Å². The summed E-state index contributed by atoms with van der Waals surface area (Å²) in [6.45, 7) is 6.12. The van der Waals surface area contributed by atoms with Crippen molar-refractivity contribution in [3.8, 4) is 0 Å². The smallest absolute Gasteiger partial charge is 0.251 e. The van der Waals surface area contributed by atoms with Crippen molar-refractivity contribution < 1.29 is 9.90 Å². The predicted molar refractivity (Wildman–Crippen MR) is 83.2 cm³/mol. The normalized spacial score (nSPS) is 13.9. The van der Waals surface area contributed by atoms with E-state index >= 15 is 0 Å². The molecule has 1 rings (SSSR count). The van der Waals surface area contributed by atoms with Crippen LogP contribution in [0.15, 0.2) is 24.3 Å². The van der Waals surface area contributed by atoms with Gasteiger partial charge in [0.15, 0.2) is 0 Å². The third kappa shape index (κ3) is 5.21. The zero-order chi connectivity index (χ0) is 15.3. The third-order valence-corrected chi connectivity index (χ3v) is 3.10. The van der Waals surface area contributed by atoms with Gasteiger partial charge in [0.1, 0.15) is 0 Å². The minimum atomic E-state index is -0.872. The Bertz CT molecular complexity index is 454. The lowest BCUT2D eigenvalue weighted by molar-refractivity contribution is 0.0368. The summed E-state index contributed by atoms with van der Waals surface area (Å²) in [5.41, 5.74) is 0.714. The number of aliphatic hydroxyl groups is 1. The van der Waals surface area contributed by atoms with Crippen LogP contribution in [-0.4, -0.2) is 37.3 Å². The van der Waals surface area contributed by atoms with E-state index in [1.807, 2.05) is 37.2 Å². The minimum absolute atomic E-state index is 0.155. The van der Waals surface area contributed by atoms with Crippen LogP contribution < -0.4 is 10.2 Å².